The van der Waals surface area contributed by atoms with E-state index < -0.39 is 11.7 Å². The van der Waals surface area contributed by atoms with E-state index >= 15 is 0 Å². The lowest BCUT2D eigenvalue weighted by Gasteiger charge is -2.21. The van der Waals surface area contributed by atoms with Crippen molar-refractivity contribution < 1.29 is 9.53 Å². The molecular weight excluding hydrogens is 194 g/mol. The highest BCUT2D eigenvalue weighted by Crippen LogP contribution is 2.07. The molecule has 1 heterocycles. The molecule has 1 aliphatic rings. The summed E-state index contributed by atoms with van der Waals surface area (Å²) in [5.41, 5.74) is 5.09. The summed E-state index contributed by atoms with van der Waals surface area (Å²) < 4.78 is 5.10. The Morgan fingerprint density at radius 1 is 1.47 bits per heavy atom. The van der Waals surface area contributed by atoms with Gasteiger partial charge in [0.2, 0.25) is 0 Å². The summed E-state index contributed by atoms with van der Waals surface area (Å²) in [4.78, 5) is 13.5. The zero-order chi connectivity index (χ0) is 11.5. The lowest BCUT2D eigenvalue weighted by atomic mass is 10.2. The van der Waals surface area contributed by atoms with Crippen LogP contribution in [0.4, 0.5) is 4.79 Å². The van der Waals surface area contributed by atoms with Gasteiger partial charge in [0.15, 0.2) is 0 Å². The number of likely N-dealkylation sites (N-methyl/N-ethyl adjacent to an activating group) is 1. The van der Waals surface area contributed by atoms with Crippen molar-refractivity contribution in [3.8, 4) is 0 Å². The van der Waals surface area contributed by atoms with Crippen LogP contribution in [0.2, 0.25) is 0 Å². The predicted octanol–water partition coefficient (Wildman–Crippen LogP) is 0.720. The number of hydrogen-bond acceptors (Lipinski definition) is 4. The Hall–Kier alpha value is -0.810. The molecule has 0 unspecified atom stereocenters. The second-order valence-electron chi connectivity index (χ2n) is 5.02. The van der Waals surface area contributed by atoms with Gasteiger partial charge in [0.1, 0.15) is 5.60 Å². The average molecular weight is 215 g/mol. The van der Waals surface area contributed by atoms with E-state index in [1.807, 2.05) is 20.8 Å². The molecule has 0 aromatic rings. The molecule has 0 spiro atoms. The van der Waals surface area contributed by atoms with Gasteiger partial charge in [-0.15, -0.1) is 0 Å². The molecular formula is C10H21N3O2. The van der Waals surface area contributed by atoms with Crippen LogP contribution < -0.4 is 10.9 Å². The minimum absolute atomic E-state index is 0.322. The van der Waals surface area contributed by atoms with E-state index in [0.717, 1.165) is 19.5 Å². The fourth-order valence-corrected chi connectivity index (χ4v) is 1.52. The van der Waals surface area contributed by atoms with Crippen LogP contribution >= 0.6 is 0 Å². The van der Waals surface area contributed by atoms with Crippen molar-refractivity contribution in [2.45, 2.75) is 38.8 Å². The Labute approximate surface area is 91.1 Å². The van der Waals surface area contributed by atoms with Crippen molar-refractivity contribution >= 4 is 6.09 Å². The van der Waals surface area contributed by atoms with E-state index in [9.17, 15) is 4.79 Å². The minimum Gasteiger partial charge on any atom is -0.443 e. The molecule has 1 saturated heterocycles. The highest BCUT2D eigenvalue weighted by atomic mass is 16.6. The highest BCUT2D eigenvalue weighted by Gasteiger charge is 2.21. The first-order chi connectivity index (χ1) is 6.87. The first-order valence-electron chi connectivity index (χ1n) is 5.30. The Morgan fingerprint density at radius 3 is 2.60 bits per heavy atom. The van der Waals surface area contributed by atoms with Gasteiger partial charge in [0.25, 0.3) is 0 Å². The van der Waals surface area contributed by atoms with Crippen molar-refractivity contribution in [1.82, 2.24) is 15.8 Å². The van der Waals surface area contributed by atoms with E-state index in [2.05, 4.69) is 22.8 Å². The quantitative estimate of drug-likeness (QED) is 0.666. The van der Waals surface area contributed by atoms with Gasteiger partial charge in [0, 0.05) is 12.6 Å². The molecule has 1 aliphatic heterocycles. The molecule has 1 fully saturated rings. The standard InChI is InChI=1S/C10H21N3O2/c1-10(2,3)15-9(14)12-11-8-5-6-13(4)7-8/h8,11H,5-7H2,1-4H3,(H,12,14)/t8-/m0/s1. The third kappa shape index (κ3) is 4.99. The number of hydrazine groups is 1. The lowest BCUT2D eigenvalue weighted by Crippen LogP contribution is -2.47. The molecule has 0 saturated carbocycles. The Morgan fingerprint density at radius 2 is 2.13 bits per heavy atom. The van der Waals surface area contributed by atoms with E-state index in [4.69, 9.17) is 4.74 Å². The maximum atomic E-state index is 11.3. The fraction of sp³-hybridized carbons (Fsp3) is 0.900. The summed E-state index contributed by atoms with van der Waals surface area (Å²) in [6.07, 6.45) is 0.629. The maximum Gasteiger partial charge on any atom is 0.422 e. The van der Waals surface area contributed by atoms with Gasteiger partial charge in [0.05, 0.1) is 0 Å². The average Bonchev–Trinajstić information content (AvgIpc) is 2.45. The summed E-state index contributed by atoms with van der Waals surface area (Å²) >= 11 is 0. The Bertz CT molecular complexity index is 225. The monoisotopic (exact) mass is 215 g/mol. The molecule has 5 heteroatoms. The molecule has 2 N–H and O–H groups in total. The molecule has 1 rings (SSSR count). The first-order valence-corrected chi connectivity index (χ1v) is 5.30. The molecule has 0 aromatic carbocycles. The number of carbonyl (C=O) groups excluding carboxylic acids is 1. The smallest absolute Gasteiger partial charge is 0.422 e. The van der Waals surface area contributed by atoms with Crippen molar-refractivity contribution in [1.29, 1.82) is 0 Å². The van der Waals surface area contributed by atoms with Crippen LogP contribution in [-0.2, 0) is 4.74 Å². The van der Waals surface area contributed by atoms with Crippen LogP contribution in [0.3, 0.4) is 0 Å². The zero-order valence-electron chi connectivity index (χ0n) is 9.96. The lowest BCUT2D eigenvalue weighted by molar-refractivity contribution is 0.0488. The maximum absolute atomic E-state index is 11.3. The van der Waals surface area contributed by atoms with Crippen LogP contribution in [0.25, 0.3) is 0 Å². The first kappa shape index (κ1) is 12.3. The largest absolute Gasteiger partial charge is 0.443 e. The summed E-state index contributed by atoms with van der Waals surface area (Å²) in [5.74, 6) is 0. The molecule has 5 nitrogen and oxygen atoms in total. The molecule has 15 heavy (non-hydrogen) atoms. The Balaban J connectivity index is 2.17. The summed E-state index contributed by atoms with van der Waals surface area (Å²) in [7, 11) is 2.06. The van der Waals surface area contributed by atoms with E-state index in [0.29, 0.717) is 6.04 Å². The van der Waals surface area contributed by atoms with Crippen molar-refractivity contribution in [2.75, 3.05) is 20.1 Å². The van der Waals surface area contributed by atoms with Crippen LogP contribution in [-0.4, -0.2) is 42.8 Å². The second-order valence-corrected chi connectivity index (χ2v) is 5.02. The van der Waals surface area contributed by atoms with Gasteiger partial charge in [-0.3, -0.25) is 5.43 Å². The minimum atomic E-state index is -0.446. The van der Waals surface area contributed by atoms with E-state index in [1.165, 1.54) is 0 Å². The third-order valence-corrected chi connectivity index (χ3v) is 2.17. The number of rotatable bonds is 2. The van der Waals surface area contributed by atoms with Gasteiger partial charge in [-0.25, -0.2) is 10.2 Å². The second kappa shape index (κ2) is 4.81. The van der Waals surface area contributed by atoms with Gasteiger partial charge >= 0.3 is 6.09 Å². The third-order valence-electron chi connectivity index (χ3n) is 2.17. The fourth-order valence-electron chi connectivity index (χ4n) is 1.52. The summed E-state index contributed by atoms with van der Waals surface area (Å²) in [6, 6.07) is 0.322. The van der Waals surface area contributed by atoms with Crippen molar-refractivity contribution in [3.63, 3.8) is 0 Å². The van der Waals surface area contributed by atoms with Crippen LogP contribution in [0.15, 0.2) is 0 Å². The summed E-state index contributed by atoms with van der Waals surface area (Å²) in [5, 5.41) is 0. The van der Waals surface area contributed by atoms with Crippen LogP contribution in [0.5, 0.6) is 0 Å². The van der Waals surface area contributed by atoms with Gasteiger partial charge in [-0.05, 0) is 40.8 Å². The number of amides is 1. The van der Waals surface area contributed by atoms with E-state index in [-0.39, 0.29) is 0 Å². The van der Waals surface area contributed by atoms with E-state index in [1.54, 1.807) is 0 Å². The van der Waals surface area contributed by atoms with Gasteiger partial charge in [-0.1, -0.05) is 0 Å². The number of hydrogen-bond donors (Lipinski definition) is 2. The van der Waals surface area contributed by atoms with Crippen LogP contribution in [0.1, 0.15) is 27.2 Å². The molecule has 1 atom stereocenters. The molecule has 0 aliphatic carbocycles. The number of nitrogens with zero attached hydrogens (tertiary/aromatic N) is 1. The number of likely N-dealkylation sites (tertiary alicyclic amines) is 1. The van der Waals surface area contributed by atoms with Gasteiger partial charge < -0.3 is 9.64 Å². The van der Waals surface area contributed by atoms with Gasteiger partial charge in [-0.2, -0.15) is 0 Å². The molecule has 1 amide bonds. The summed E-state index contributed by atoms with van der Waals surface area (Å²) in [6.45, 7) is 7.55. The number of carbonyl (C=O) groups is 1. The molecule has 0 aromatic heterocycles. The normalized spacial score (nSPS) is 22.8. The molecule has 88 valence electrons. The predicted molar refractivity (Wildman–Crippen MR) is 58.4 cm³/mol. The highest BCUT2D eigenvalue weighted by molar-refractivity contribution is 5.67. The zero-order valence-corrected chi connectivity index (χ0v) is 9.96. The number of ether oxygens (including phenoxy) is 1. The van der Waals surface area contributed by atoms with Crippen LogP contribution in [0, 0.1) is 0 Å². The van der Waals surface area contributed by atoms with Crippen molar-refractivity contribution in [2.24, 2.45) is 0 Å². The SMILES string of the molecule is CN1CC[C@H](NNC(=O)OC(C)(C)C)C1. The topological polar surface area (TPSA) is 53.6 Å². The molecule has 0 radical (unpaired) electrons. The molecule has 0 bridgehead atoms. The van der Waals surface area contributed by atoms with Crippen molar-refractivity contribution in [3.05, 3.63) is 0 Å². The Kier molecular flexibility index (Phi) is 3.93. The number of nitrogens with one attached hydrogen (secondary N) is 2.